The van der Waals surface area contributed by atoms with Crippen molar-refractivity contribution in [2.45, 2.75) is 37.1 Å². The van der Waals surface area contributed by atoms with E-state index in [1.54, 1.807) is 6.92 Å². The summed E-state index contributed by atoms with van der Waals surface area (Å²) >= 11 is 0. The van der Waals surface area contributed by atoms with Gasteiger partial charge in [-0.25, -0.2) is 12.8 Å². The molecule has 1 aromatic rings. The Morgan fingerprint density at radius 2 is 2.20 bits per heavy atom. The molecule has 2 rings (SSSR count). The van der Waals surface area contributed by atoms with Gasteiger partial charge in [-0.05, 0) is 31.4 Å². The molecule has 1 heterocycles. The van der Waals surface area contributed by atoms with Crippen molar-refractivity contribution in [1.82, 2.24) is 9.29 Å². The number of nitrogens with zero attached hydrogens (tertiary/aromatic N) is 2. The zero-order valence-electron chi connectivity index (χ0n) is 11.5. The normalized spacial score (nSPS) is 23.4. The standard InChI is InChI=1S/C13H20FN3O2S/c1-2-17(13-5-3-4-10(13)7-15)20(18,19)12-6-11(14)8-16-9-12/h6,8-10,13H,2-5,7,15H2,1H3. The Morgan fingerprint density at radius 3 is 2.80 bits per heavy atom. The highest BCUT2D eigenvalue weighted by Gasteiger charge is 2.37. The van der Waals surface area contributed by atoms with E-state index >= 15 is 0 Å². The molecule has 1 aliphatic carbocycles. The lowest BCUT2D eigenvalue weighted by Crippen LogP contribution is -2.44. The number of halogens is 1. The second-order valence-electron chi connectivity index (χ2n) is 5.04. The summed E-state index contributed by atoms with van der Waals surface area (Å²) in [6.07, 6.45) is 4.90. The number of aromatic nitrogens is 1. The molecule has 1 saturated carbocycles. The van der Waals surface area contributed by atoms with Gasteiger partial charge in [-0.2, -0.15) is 4.31 Å². The monoisotopic (exact) mass is 301 g/mol. The van der Waals surface area contributed by atoms with Crippen LogP contribution >= 0.6 is 0 Å². The molecule has 7 heteroatoms. The number of pyridine rings is 1. The van der Waals surface area contributed by atoms with Crippen molar-refractivity contribution in [3.63, 3.8) is 0 Å². The van der Waals surface area contributed by atoms with Crippen molar-refractivity contribution in [1.29, 1.82) is 0 Å². The minimum absolute atomic E-state index is 0.0954. The van der Waals surface area contributed by atoms with Crippen LogP contribution in [0, 0.1) is 11.7 Å². The molecule has 2 atom stereocenters. The number of hydrogen-bond acceptors (Lipinski definition) is 4. The lowest BCUT2D eigenvalue weighted by Gasteiger charge is -2.30. The highest BCUT2D eigenvalue weighted by atomic mass is 32.2. The summed E-state index contributed by atoms with van der Waals surface area (Å²) in [5, 5.41) is 0. The summed E-state index contributed by atoms with van der Waals surface area (Å²) in [4.78, 5) is 3.53. The summed E-state index contributed by atoms with van der Waals surface area (Å²) in [5.74, 6) is -0.477. The van der Waals surface area contributed by atoms with Crippen molar-refractivity contribution in [2.75, 3.05) is 13.1 Å². The van der Waals surface area contributed by atoms with Gasteiger partial charge in [-0.3, -0.25) is 4.98 Å². The zero-order valence-corrected chi connectivity index (χ0v) is 12.3. The van der Waals surface area contributed by atoms with Crippen LogP contribution in [0.1, 0.15) is 26.2 Å². The summed E-state index contributed by atoms with van der Waals surface area (Å²) in [7, 11) is -3.72. The SMILES string of the molecule is CCN(C1CCCC1CN)S(=O)(=O)c1cncc(F)c1. The fourth-order valence-electron chi connectivity index (χ4n) is 2.92. The van der Waals surface area contributed by atoms with Crippen molar-refractivity contribution in [2.24, 2.45) is 11.7 Å². The molecule has 2 unspecified atom stereocenters. The van der Waals surface area contributed by atoms with Crippen molar-refractivity contribution < 1.29 is 12.8 Å². The minimum Gasteiger partial charge on any atom is -0.330 e. The third-order valence-electron chi connectivity index (χ3n) is 3.89. The first-order valence-electron chi connectivity index (χ1n) is 6.83. The first-order valence-corrected chi connectivity index (χ1v) is 8.27. The Kier molecular flexibility index (Phi) is 4.72. The average Bonchev–Trinajstić information content (AvgIpc) is 2.87. The Labute approximate surface area is 119 Å². The highest BCUT2D eigenvalue weighted by Crippen LogP contribution is 2.32. The molecule has 1 aliphatic rings. The van der Waals surface area contributed by atoms with E-state index in [1.807, 2.05) is 0 Å². The molecule has 0 aliphatic heterocycles. The van der Waals surface area contributed by atoms with E-state index < -0.39 is 15.8 Å². The third kappa shape index (κ3) is 2.84. The number of nitrogens with two attached hydrogens (primary N) is 1. The van der Waals surface area contributed by atoms with Crippen LogP contribution < -0.4 is 5.73 Å². The summed E-state index contributed by atoms with van der Waals surface area (Å²) < 4.78 is 39.9. The van der Waals surface area contributed by atoms with Crippen molar-refractivity contribution in [3.05, 3.63) is 24.3 Å². The second kappa shape index (κ2) is 6.15. The molecule has 1 aromatic heterocycles. The Morgan fingerprint density at radius 1 is 1.45 bits per heavy atom. The quantitative estimate of drug-likeness (QED) is 0.891. The molecule has 0 amide bonds. The first kappa shape index (κ1) is 15.3. The Balaban J connectivity index is 2.35. The fraction of sp³-hybridized carbons (Fsp3) is 0.615. The molecular formula is C13H20FN3O2S. The van der Waals surface area contributed by atoms with Gasteiger partial charge >= 0.3 is 0 Å². The molecule has 2 N–H and O–H groups in total. The van der Waals surface area contributed by atoms with Gasteiger partial charge in [0.1, 0.15) is 10.7 Å². The van der Waals surface area contributed by atoms with Gasteiger partial charge in [0.15, 0.2) is 0 Å². The van der Waals surface area contributed by atoms with Crippen LogP contribution in [0.25, 0.3) is 0 Å². The van der Waals surface area contributed by atoms with E-state index in [2.05, 4.69) is 4.98 Å². The first-order chi connectivity index (χ1) is 9.50. The predicted octanol–water partition coefficient (Wildman–Crippen LogP) is 1.36. The predicted molar refractivity (Wildman–Crippen MR) is 73.9 cm³/mol. The van der Waals surface area contributed by atoms with Crippen LogP contribution in [0.15, 0.2) is 23.4 Å². The maximum Gasteiger partial charge on any atom is 0.244 e. The van der Waals surface area contributed by atoms with E-state index in [4.69, 9.17) is 5.73 Å². The Hall–Kier alpha value is -1.05. The van der Waals surface area contributed by atoms with Crippen LogP contribution in [0.2, 0.25) is 0 Å². The van der Waals surface area contributed by atoms with Crippen molar-refractivity contribution in [3.8, 4) is 0 Å². The molecule has 0 radical (unpaired) electrons. The number of sulfonamides is 1. The van der Waals surface area contributed by atoms with E-state index in [1.165, 1.54) is 10.5 Å². The smallest absolute Gasteiger partial charge is 0.244 e. The maximum atomic E-state index is 13.2. The average molecular weight is 301 g/mol. The van der Waals surface area contributed by atoms with Gasteiger partial charge in [-0.1, -0.05) is 13.3 Å². The van der Waals surface area contributed by atoms with Crippen LogP contribution in [-0.4, -0.2) is 36.8 Å². The Bertz CT molecular complexity index is 564. The lowest BCUT2D eigenvalue weighted by molar-refractivity contribution is 0.276. The van der Waals surface area contributed by atoms with Crippen LogP contribution in [0.5, 0.6) is 0 Å². The van der Waals surface area contributed by atoms with Gasteiger partial charge in [-0.15, -0.1) is 0 Å². The molecule has 0 spiro atoms. The summed E-state index contributed by atoms with van der Waals surface area (Å²) in [6, 6.07) is 0.912. The van der Waals surface area contributed by atoms with Gasteiger partial charge in [0.25, 0.3) is 0 Å². The number of rotatable bonds is 5. The molecule has 0 saturated heterocycles. The molecule has 1 fully saturated rings. The van der Waals surface area contributed by atoms with E-state index in [0.717, 1.165) is 31.5 Å². The van der Waals surface area contributed by atoms with E-state index in [0.29, 0.717) is 13.1 Å². The van der Waals surface area contributed by atoms with E-state index in [-0.39, 0.29) is 16.9 Å². The zero-order chi connectivity index (χ0) is 14.8. The maximum absolute atomic E-state index is 13.2. The van der Waals surface area contributed by atoms with E-state index in [9.17, 15) is 12.8 Å². The topological polar surface area (TPSA) is 76.3 Å². The van der Waals surface area contributed by atoms with Crippen LogP contribution in [0.3, 0.4) is 0 Å². The minimum atomic E-state index is -3.72. The fourth-order valence-corrected chi connectivity index (χ4v) is 4.62. The molecule has 0 aromatic carbocycles. The van der Waals surface area contributed by atoms with Crippen LogP contribution in [-0.2, 0) is 10.0 Å². The number of hydrogen-bond donors (Lipinski definition) is 1. The molecule has 20 heavy (non-hydrogen) atoms. The third-order valence-corrected chi connectivity index (χ3v) is 5.86. The summed E-state index contributed by atoms with van der Waals surface area (Å²) in [6.45, 7) is 2.61. The largest absolute Gasteiger partial charge is 0.330 e. The highest BCUT2D eigenvalue weighted by molar-refractivity contribution is 7.89. The molecule has 112 valence electrons. The van der Waals surface area contributed by atoms with Gasteiger partial charge in [0.05, 0.1) is 6.20 Å². The molecular weight excluding hydrogens is 281 g/mol. The van der Waals surface area contributed by atoms with Gasteiger partial charge in [0, 0.05) is 18.8 Å². The van der Waals surface area contributed by atoms with Crippen LogP contribution in [0.4, 0.5) is 4.39 Å². The van der Waals surface area contributed by atoms with Crippen molar-refractivity contribution >= 4 is 10.0 Å². The van der Waals surface area contributed by atoms with Gasteiger partial charge < -0.3 is 5.73 Å². The van der Waals surface area contributed by atoms with Gasteiger partial charge in [0.2, 0.25) is 10.0 Å². The molecule has 0 bridgehead atoms. The second-order valence-corrected chi connectivity index (χ2v) is 6.93. The lowest BCUT2D eigenvalue weighted by atomic mass is 10.0. The molecule has 5 nitrogen and oxygen atoms in total. The summed E-state index contributed by atoms with van der Waals surface area (Å²) in [5.41, 5.74) is 5.73.